The number of nitrogens with one attached hydrogen (secondary N) is 2. The number of hydrogen-bond donors (Lipinski definition) is 5. The average molecular weight is 460 g/mol. The van der Waals surface area contributed by atoms with Crippen molar-refractivity contribution >= 4 is 33.1 Å². The lowest BCUT2D eigenvalue weighted by atomic mass is 9.82. The molecule has 2 aromatic rings. The molecule has 2 aliphatic carbocycles. The molecule has 170 valence electrons. The van der Waals surface area contributed by atoms with Crippen molar-refractivity contribution in [3.05, 3.63) is 52.6 Å². The van der Waals surface area contributed by atoms with Crippen molar-refractivity contribution in [1.82, 2.24) is 5.32 Å². The van der Waals surface area contributed by atoms with E-state index >= 15 is 0 Å². The number of carbonyl (C=O) groups excluding carboxylic acids is 2. The third-order valence-corrected chi connectivity index (χ3v) is 7.00. The number of anilines is 2. The van der Waals surface area contributed by atoms with Gasteiger partial charge in [0, 0.05) is 35.4 Å². The van der Waals surface area contributed by atoms with Crippen molar-refractivity contribution in [2.75, 3.05) is 24.2 Å². The molecule has 0 atom stereocenters. The van der Waals surface area contributed by atoms with Gasteiger partial charge < -0.3 is 21.5 Å². The van der Waals surface area contributed by atoms with E-state index in [2.05, 4.69) is 10.6 Å². The number of hydrogen-bond acceptors (Lipinski definition) is 8. The van der Waals surface area contributed by atoms with Gasteiger partial charge in [-0.25, -0.2) is 0 Å². The standard InChI is InChI=1S/C22H25N3O6S/c23-20-17(32(29,30)31)11-16(25-13-7-5-12(6-8-13)24-9-10-26)18-19(20)22(28)15-4-2-1-3-14(15)21(18)27/h1-4,11-13,24-26H,5-10,23H2,(H,29,30,31). The number of nitrogens with two attached hydrogens (primary N) is 1. The van der Waals surface area contributed by atoms with Crippen molar-refractivity contribution in [2.24, 2.45) is 0 Å². The highest BCUT2D eigenvalue weighted by Gasteiger charge is 2.37. The third-order valence-electron chi connectivity index (χ3n) is 6.11. The Morgan fingerprint density at radius 1 is 0.969 bits per heavy atom. The van der Waals surface area contributed by atoms with Crippen LogP contribution in [0.3, 0.4) is 0 Å². The zero-order valence-electron chi connectivity index (χ0n) is 17.3. The van der Waals surface area contributed by atoms with Gasteiger partial charge in [0.1, 0.15) is 4.90 Å². The third kappa shape index (κ3) is 4.02. The molecule has 10 heteroatoms. The zero-order chi connectivity index (χ0) is 23.0. The number of fused-ring (bicyclic) bond motifs is 2. The summed E-state index contributed by atoms with van der Waals surface area (Å²) in [5.74, 6) is -0.984. The molecule has 9 nitrogen and oxygen atoms in total. The normalized spacial score (nSPS) is 20.6. The summed E-state index contributed by atoms with van der Waals surface area (Å²) in [6.45, 7) is 0.577. The first-order chi connectivity index (χ1) is 15.2. The topological polar surface area (TPSA) is 159 Å². The highest BCUT2D eigenvalue weighted by molar-refractivity contribution is 7.86. The van der Waals surface area contributed by atoms with Crippen LogP contribution in [0.5, 0.6) is 0 Å². The van der Waals surface area contributed by atoms with Crippen LogP contribution in [0.2, 0.25) is 0 Å². The molecule has 1 saturated carbocycles. The molecule has 6 N–H and O–H groups in total. The van der Waals surface area contributed by atoms with Crippen molar-refractivity contribution in [3.8, 4) is 0 Å². The van der Waals surface area contributed by atoms with E-state index in [4.69, 9.17) is 10.8 Å². The summed E-state index contributed by atoms with van der Waals surface area (Å²) < 4.78 is 33.7. The molecule has 0 aromatic heterocycles. The maximum Gasteiger partial charge on any atom is 0.296 e. The molecule has 0 amide bonds. The van der Waals surface area contributed by atoms with Gasteiger partial charge in [-0.2, -0.15) is 8.42 Å². The van der Waals surface area contributed by atoms with E-state index < -0.39 is 32.3 Å². The minimum atomic E-state index is -4.73. The lowest BCUT2D eigenvalue weighted by Gasteiger charge is -2.32. The predicted octanol–water partition coefficient (Wildman–Crippen LogP) is 1.60. The summed E-state index contributed by atoms with van der Waals surface area (Å²) in [6.07, 6.45) is 3.13. The minimum Gasteiger partial charge on any atom is -0.397 e. The molecule has 4 rings (SSSR count). The van der Waals surface area contributed by atoms with E-state index in [1.165, 1.54) is 6.07 Å². The van der Waals surface area contributed by atoms with Crippen molar-refractivity contribution in [3.63, 3.8) is 0 Å². The Morgan fingerprint density at radius 3 is 2.09 bits per heavy atom. The molecule has 0 unspecified atom stereocenters. The van der Waals surface area contributed by atoms with Crippen LogP contribution < -0.4 is 16.4 Å². The zero-order valence-corrected chi connectivity index (χ0v) is 18.1. The van der Waals surface area contributed by atoms with E-state index in [1.807, 2.05) is 0 Å². The van der Waals surface area contributed by atoms with Crippen LogP contribution in [0, 0.1) is 0 Å². The predicted molar refractivity (Wildman–Crippen MR) is 119 cm³/mol. The number of rotatable bonds is 6. The van der Waals surface area contributed by atoms with Crippen LogP contribution >= 0.6 is 0 Å². The first-order valence-electron chi connectivity index (χ1n) is 10.5. The summed E-state index contributed by atoms with van der Waals surface area (Å²) in [6, 6.07) is 7.64. The molecular formula is C22H25N3O6S. The molecule has 0 heterocycles. The second kappa shape index (κ2) is 8.62. The monoisotopic (exact) mass is 459 g/mol. The summed E-state index contributed by atoms with van der Waals surface area (Å²) in [4.78, 5) is 25.9. The second-order valence-corrected chi connectivity index (χ2v) is 9.53. The summed E-state index contributed by atoms with van der Waals surface area (Å²) in [5, 5.41) is 15.5. The Bertz CT molecular complexity index is 1190. The molecule has 0 aliphatic heterocycles. The maximum absolute atomic E-state index is 13.3. The van der Waals surface area contributed by atoms with Crippen LogP contribution in [0.25, 0.3) is 0 Å². The number of nitrogen functional groups attached to an aromatic ring is 1. The van der Waals surface area contributed by atoms with E-state index in [0.29, 0.717) is 6.54 Å². The fourth-order valence-corrected chi connectivity index (χ4v) is 5.20. The van der Waals surface area contributed by atoms with Gasteiger partial charge in [-0.3, -0.25) is 14.1 Å². The van der Waals surface area contributed by atoms with Gasteiger partial charge in [0.2, 0.25) is 0 Å². The number of aliphatic hydroxyl groups is 1. The number of carbonyl (C=O) groups is 2. The summed E-state index contributed by atoms with van der Waals surface area (Å²) >= 11 is 0. The molecule has 32 heavy (non-hydrogen) atoms. The van der Waals surface area contributed by atoms with E-state index in [9.17, 15) is 22.6 Å². The Kier molecular flexibility index (Phi) is 6.04. The Morgan fingerprint density at radius 2 is 1.53 bits per heavy atom. The Labute approximate surface area is 185 Å². The van der Waals surface area contributed by atoms with Gasteiger partial charge in [-0.15, -0.1) is 0 Å². The molecule has 2 aliphatic rings. The van der Waals surface area contributed by atoms with Crippen molar-refractivity contribution < 1.29 is 27.7 Å². The smallest absolute Gasteiger partial charge is 0.296 e. The van der Waals surface area contributed by atoms with Gasteiger partial charge in [0.25, 0.3) is 10.1 Å². The summed E-state index contributed by atoms with van der Waals surface area (Å²) in [5.41, 5.74) is 5.93. The van der Waals surface area contributed by atoms with Gasteiger partial charge in [-0.1, -0.05) is 24.3 Å². The lowest BCUT2D eigenvalue weighted by molar-refractivity contribution is 0.0980. The molecular weight excluding hydrogens is 434 g/mol. The lowest BCUT2D eigenvalue weighted by Crippen LogP contribution is -2.38. The fourth-order valence-electron chi connectivity index (χ4n) is 4.55. The van der Waals surface area contributed by atoms with Crippen LogP contribution in [0.4, 0.5) is 11.4 Å². The van der Waals surface area contributed by atoms with Gasteiger partial charge >= 0.3 is 0 Å². The van der Waals surface area contributed by atoms with Crippen LogP contribution in [0.1, 0.15) is 57.5 Å². The molecule has 0 spiro atoms. The fraction of sp³-hybridized carbons (Fsp3) is 0.364. The Hall–Kier alpha value is -2.79. The number of benzene rings is 2. The number of aliphatic hydroxyl groups excluding tert-OH is 1. The van der Waals surface area contributed by atoms with Gasteiger partial charge in [0.05, 0.1) is 23.4 Å². The first kappa shape index (κ1) is 22.4. The van der Waals surface area contributed by atoms with Crippen molar-refractivity contribution in [2.45, 2.75) is 42.7 Å². The SMILES string of the molecule is Nc1c(S(=O)(=O)O)cc(NC2CCC(NCCO)CC2)c2c1C(=O)c1ccccc1C2=O. The molecule has 0 radical (unpaired) electrons. The minimum absolute atomic E-state index is 0.0270. The van der Waals surface area contributed by atoms with E-state index in [0.717, 1.165) is 31.7 Å². The largest absolute Gasteiger partial charge is 0.397 e. The van der Waals surface area contributed by atoms with Gasteiger partial charge in [0.15, 0.2) is 11.6 Å². The summed E-state index contributed by atoms with van der Waals surface area (Å²) in [7, 11) is -4.73. The maximum atomic E-state index is 13.3. The van der Waals surface area contributed by atoms with Crippen molar-refractivity contribution in [1.29, 1.82) is 0 Å². The molecule has 2 aromatic carbocycles. The first-order valence-corrected chi connectivity index (χ1v) is 11.9. The number of ketones is 2. The van der Waals surface area contributed by atoms with Crippen LogP contribution in [0.15, 0.2) is 35.2 Å². The highest BCUT2D eigenvalue weighted by Crippen LogP contribution is 2.39. The van der Waals surface area contributed by atoms with Crippen LogP contribution in [-0.4, -0.2) is 54.9 Å². The van der Waals surface area contributed by atoms with E-state index in [1.54, 1.807) is 18.2 Å². The van der Waals surface area contributed by atoms with Crippen LogP contribution in [-0.2, 0) is 10.1 Å². The van der Waals surface area contributed by atoms with E-state index in [-0.39, 0.29) is 46.6 Å². The average Bonchev–Trinajstić information content (AvgIpc) is 2.77. The van der Waals surface area contributed by atoms with Gasteiger partial charge in [-0.05, 0) is 31.7 Å². The quantitative estimate of drug-likeness (QED) is 0.272. The highest BCUT2D eigenvalue weighted by atomic mass is 32.2. The molecule has 0 saturated heterocycles. The Balaban J connectivity index is 1.75. The molecule has 1 fully saturated rings. The second-order valence-electron chi connectivity index (χ2n) is 8.14. The molecule has 0 bridgehead atoms.